The predicted octanol–water partition coefficient (Wildman–Crippen LogP) is 3.36. The normalized spacial score (nSPS) is 19.8. The second kappa shape index (κ2) is 9.35. The molecule has 1 saturated heterocycles. The molecule has 1 aliphatic carbocycles. The summed E-state index contributed by atoms with van der Waals surface area (Å²) in [6.07, 6.45) is 5.89. The number of likely N-dealkylation sites (N-methyl/N-ethyl adjacent to an activating group) is 1. The first kappa shape index (κ1) is 22.2. The molecule has 1 aliphatic heterocycles. The van der Waals surface area contributed by atoms with Crippen LogP contribution >= 0.6 is 0 Å². The minimum absolute atomic E-state index is 0.0458. The Labute approximate surface area is 195 Å². The number of tetrazole rings is 1. The SMILES string of the molecule is CCN1CCN([C@@H](c2cc3cc(C)cc(C)c3[nH]c2=O)c2nnnn2C2CCCCC2)CC1. The summed E-state index contributed by atoms with van der Waals surface area (Å²) in [7, 11) is 0. The highest BCUT2D eigenvalue weighted by atomic mass is 16.1. The Morgan fingerprint density at radius 3 is 2.55 bits per heavy atom. The van der Waals surface area contributed by atoms with Gasteiger partial charge < -0.3 is 9.88 Å². The molecule has 0 spiro atoms. The van der Waals surface area contributed by atoms with Crippen LogP contribution < -0.4 is 5.56 Å². The summed E-state index contributed by atoms with van der Waals surface area (Å²) in [5, 5.41) is 14.1. The number of nitrogens with zero attached hydrogens (tertiary/aromatic N) is 6. The van der Waals surface area contributed by atoms with E-state index in [0.717, 1.165) is 73.4 Å². The quantitative estimate of drug-likeness (QED) is 0.643. The Morgan fingerprint density at radius 1 is 1.06 bits per heavy atom. The molecule has 2 fully saturated rings. The van der Waals surface area contributed by atoms with Gasteiger partial charge in [0, 0.05) is 31.7 Å². The zero-order valence-corrected chi connectivity index (χ0v) is 20.0. The standard InChI is InChI=1S/C25H35N7O/c1-4-30-10-12-31(13-11-30)23(24-27-28-29-32(24)20-8-6-5-7-9-20)21-16-19-15-17(2)14-18(3)22(19)26-25(21)33/h14-16,20,23H,4-13H2,1-3H3,(H,26,33)/t23-/m0/s1. The molecule has 1 saturated carbocycles. The minimum atomic E-state index is -0.255. The van der Waals surface area contributed by atoms with Gasteiger partial charge in [0.2, 0.25) is 0 Å². The molecule has 2 aliphatic rings. The van der Waals surface area contributed by atoms with E-state index in [1.54, 1.807) is 0 Å². The second-order valence-corrected chi connectivity index (χ2v) is 9.75. The van der Waals surface area contributed by atoms with Crippen molar-refractivity contribution in [3.05, 3.63) is 51.1 Å². The maximum Gasteiger partial charge on any atom is 0.253 e. The van der Waals surface area contributed by atoms with Crippen molar-refractivity contribution in [3.8, 4) is 0 Å². The number of fused-ring (bicyclic) bond motifs is 1. The van der Waals surface area contributed by atoms with Crippen molar-refractivity contribution >= 4 is 10.9 Å². The average molecular weight is 450 g/mol. The zero-order valence-electron chi connectivity index (χ0n) is 20.0. The van der Waals surface area contributed by atoms with Crippen LogP contribution in [-0.2, 0) is 0 Å². The number of hydrogen-bond acceptors (Lipinski definition) is 6. The van der Waals surface area contributed by atoms with Crippen molar-refractivity contribution < 1.29 is 0 Å². The highest BCUT2D eigenvalue weighted by Crippen LogP contribution is 2.33. The molecule has 0 radical (unpaired) electrons. The summed E-state index contributed by atoms with van der Waals surface area (Å²) >= 11 is 0. The number of benzene rings is 1. The molecule has 1 atom stereocenters. The summed E-state index contributed by atoms with van der Waals surface area (Å²) in [5.41, 5.74) is 3.89. The first-order valence-electron chi connectivity index (χ1n) is 12.4. The lowest BCUT2D eigenvalue weighted by Crippen LogP contribution is -2.49. The Balaban J connectivity index is 1.62. The van der Waals surface area contributed by atoms with E-state index in [1.807, 2.05) is 4.68 Å². The van der Waals surface area contributed by atoms with Crippen molar-refractivity contribution in [3.63, 3.8) is 0 Å². The van der Waals surface area contributed by atoms with Crippen LogP contribution in [0, 0.1) is 13.8 Å². The summed E-state index contributed by atoms with van der Waals surface area (Å²) in [6, 6.07) is 6.40. The van der Waals surface area contributed by atoms with Crippen LogP contribution in [0.25, 0.3) is 10.9 Å². The number of nitrogens with one attached hydrogen (secondary N) is 1. The topological polar surface area (TPSA) is 82.9 Å². The van der Waals surface area contributed by atoms with Crippen LogP contribution in [-0.4, -0.2) is 67.7 Å². The maximum absolute atomic E-state index is 13.5. The van der Waals surface area contributed by atoms with E-state index in [4.69, 9.17) is 0 Å². The number of aryl methyl sites for hydroxylation is 2. The van der Waals surface area contributed by atoms with Crippen molar-refractivity contribution in [2.45, 2.75) is 65.0 Å². The second-order valence-electron chi connectivity index (χ2n) is 9.75. The van der Waals surface area contributed by atoms with E-state index in [0.29, 0.717) is 6.04 Å². The predicted molar refractivity (Wildman–Crippen MR) is 130 cm³/mol. The Morgan fingerprint density at radius 2 is 1.82 bits per heavy atom. The lowest BCUT2D eigenvalue weighted by molar-refractivity contribution is 0.106. The van der Waals surface area contributed by atoms with Gasteiger partial charge in [-0.25, -0.2) is 4.68 Å². The van der Waals surface area contributed by atoms with Gasteiger partial charge in [-0.3, -0.25) is 9.69 Å². The molecule has 3 aromatic rings. The van der Waals surface area contributed by atoms with E-state index in [2.05, 4.69) is 69.3 Å². The van der Waals surface area contributed by atoms with Crippen LogP contribution in [0.2, 0.25) is 0 Å². The first-order chi connectivity index (χ1) is 16.0. The first-order valence-corrected chi connectivity index (χ1v) is 12.4. The molecule has 5 rings (SSSR count). The highest BCUT2D eigenvalue weighted by Gasteiger charge is 2.34. The van der Waals surface area contributed by atoms with E-state index < -0.39 is 0 Å². The zero-order chi connectivity index (χ0) is 22.9. The van der Waals surface area contributed by atoms with Crippen LogP contribution in [0.15, 0.2) is 23.0 Å². The Kier molecular flexibility index (Phi) is 6.29. The van der Waals surface area contributed by atoms with Gasteiger partial charge in [-0.1, -0.05) is 37.8 Å². The van der Waals surface area contributed by atoms with Gasteiger partial charge in [0.15, 0.2) is 5.82 Å². The molecule has 2 aromatic heterocycles. The Bertz CT molecular complexity index is 1170. The van der Waals surface area contributed by atoms with Crippen molar-refractivity contribution in [1.29, 1.82) is 0 Å². The van der Waals surface area contributed by atoms with Crippen LogP contribution in [0.1, 0.15) is 73.6 Å². The monoisotopic (exact) mass is 449 g/mol. The van der Waals surface area contributed by atoms with Crippen LogP contribution in [0.3, 0.4) is 0 Å². The van der Waals surface area contributed by atoms with Crippen LogP contribution in [0.4, 0.5) is 0 Å². The summed E-state index contributed by atoms with van der Waals surface area (Å²) in [4.78, 5) is 21.5. The Hall–Kier alpha value is -2.58. The van der Waals surface area contributed by atoms with Crippen LogP contribution in [0.5, 0.6) is 0 Å². The lowest BCUT2D eigenvalue weighted by atomic mass is 9.95. The molecule has 1 N–H and O–H groups in total. The third-order valence-corrected chi connectivity index (χ3v) is 7.52. The fourth-order valence-electron chi connectivity index (χ4n) is 5.71. The number of piperazine rings is 1. The molecule has 0 bridgehead atoms. The smallest absolute Gasteiger partial charge is 0.253 e. The number of aromatic nitrogens is 5. The fourth-order valence-corrected chi connectivity index (χ4v) is 5.71. The summed E-state index contributed by atoms with van der Waals surface area (Å²) in [6.45, 7) is 11.2. The number of hydrogen-bond donors (Lipinski definition) is 1. The van der Waals surface area contributed by atoms with Gasteiger partial charge >= 0.3 is 0 Å². The molecule has 8 heteroatoms. The number of pyridine rings is 1. The molecule has 176 valence electrons. The maximum atomic E-state index is 13.5. The fraction of sp³-hybridized carbons (Fsp3) is 0.600. The van der Waals surface area contributed by atoms with E-state index in [9.17, 15) is 4.79 Å². The lowest BCUT2D eigenvalue weighted by Gasteiger charge is -2.38. The number of rotatable bonds is 5. The third-order valence-electron chi connectivity index (χ3n) is 7.52. The molecule has 8 nitrogen and oxygen atoms in total. The highest BCUT2D eigenvalue weighted by molar-refractivity contribution is 5.83. The van der Waals surface area contributed by atoms with Crippen molar-refractivity contribution in [1.82, 2.24) is 35.0 Å². The summed E-state index contributed by atoms with van der Waals surface area (Å²) < 4.78 is 2.03. The largest absolute Gasteiger partial charge is 0.321 e. The van der Waals surface area contributed by atoms with Crippen molar-refractivity contribution in [2.75, 3.05) is 32.7 Å². The number of aromatic amines is 1. The molecule has 1 aromatic carbocycles. The molecular formula is C25H35N7O. The molecular weight excluding hydrogens is 414 g/mol. The van der Waals surface area contributed by atoms with Gasteiger partial charge in [0.05, 0.1) is 11.6 Å². The van der Waals surface area contributed by atoms with Crippen molar-refractivity contribution in [2.24, 2.45) is 0 Å². The molecule has 0 amide bonds. The van der Waals surface area contributed by atoms with Gasteiger partial charge in [-0.05, 0) is 66.7 Å². The minimum Gasteiger partial charge on any atom is -0.321 e. The van der Waals surface area contributed by atoms with Gasteiger partial charge in [-0.2, -0.15) is 0 Å². The van der Waals surface area contributed by atoms with Gasteiger partial charge in [0.25, 0.3) is 5.56 Å². The van der Waals surface area contributed by atoms with E-state index in [1.165, 1.54) is 24.8 Å². The molecule has 33 heavy (non-hydrogen) atoms. The third kappa shape index (κ3) is 4.34. The van der Waals surface area contributed by atoms with Gasteiger partial charge in [-0.15, -0.1) is 5.10 Å². The average Bonchev–Trinajstić information content (AvgIpc) is 3.31. The summed E-state index contributed by atoms with van der Waals surface area (Å²) in [5.74, 6) is 0.807. The molecule has 3 heterocycles. The van der Waals surface area contributed by atoms with E-state index >= 15 is 0 Å². The van der Waals surface area contributed by atoms with E-state index in [-0.39, 0.29) is 11.6 Å². The molecule has 0 unspecified atom stereocenters. The van der Waals surface area contributed by atoms with Gasteiger partial charge in [0.1, 0.15) is 6.04 Å². The number of H-pyrrole nitrogens is 1.